The van der Waals surface area contributed by atoms with Crippen molar-refractivity contribution in [2.24, 2.45) is 11.3 Å². The van der Waals surface area contributed by atoms with Crippen molar-refractivity contribution in [3.8, 4) is 0 Å². The Bertz CT molecular complexity index is 356. The summed E-state index contributed by atoms with van der Waals surface area (Å²) in [6.07, 6.45) is 3.40. The van der Waals surface area contributed by atoms with Gasteiger partial charge in [0.2, 0.25) is 0 Å². The fourth-order valence-electron chi connectivity index (χ4n) is 2.34. The van der Waals surface area contributed by atoms with Gasteiger partial charge in [-0.1, -0.05) is 32.9 Å². The van der Waals surface area contributed by atoms with Crippen LogP contribution in [0.2, 0.25) is 0 Å². The molecule has 0 aliphatic heterocycles. The van der Waals surface area contributed by atoms with Gasteiger partial charge in [-0.2, -0.15) is 0 Å². The minimum absolute atomic E-state index is 0.229. The Morgan fingerprint density at radius 2 is 1.94 bits per heavy atom. The largest absolute Gasteiger partial charge is 0.372 e. The molecule has 4 nitrogen and oxygen atoms in total. The first-order valence-corrected chi connectivity index (χ1v) is 6.79. The highest BCUT2D eigenvalue weighted by Gasteiger charge is 2.20. The van der Waals surface area contributed by atoms with E-state index in [1.165, 1.54) is 6.42 Å². The molecule has 1 heterocycles. The fourth-order valence-corrected chi connectivity index (χ4v) is 2.34. The van der Waals surface area contributed by atoms with Crippen LogP contribution in [0.1, 0.15) is 53.7 Å². The van der Waals surface area contributed by atoms with Crippen LogP contribution in [0.3, 0.4) is 0 Å². The molecule has 18 heavy (non-hydrogen) atoms. The minimum Gasteiger partial charge on any atom is -0.372 e. The lowest BCUT2D eigenvalue weighted by molar-refractivity contribution is 0.0635. The van der Waals surface area contributed by atoms with Gasteiger partial charge in [-0.3, -0.25) is 4.68 Å². The third-order valence-electron chi connectivity index (χ3n) is 2.70. The fraction of sp³-hybridized carbons (Fsp3) is 0.857. The summed E-state index contributed by atoms with van der Waals surface area (Å²) >= 11 is 0. The molecule has 0 N–H and O–H groups in total. The van der Waals surface area contributed by atoms with Crippen LogP contribution in [0.4, 0.5) is 0 Å². The van der Waals surface area contributed by atoms with E-state index < -0.39 is 0 Å². The summed E-state index contributed by atoms with van der Waals surface area (Å²) in [5, 5.41) is 8.31. The summed E-state index contributed by atoms with van der Waals surface area (Å²) in [4.78, 5) is 0. The van der Waals surface area contributed by atoms with Crippen molar-refractivity contribution in [2.75, 3.05) is 0 Å². The predicted octanol–water partition coefficient (Wildman–Crippen LogP) is 3.28. The molecule has 1 aromatic heterocycles. The number of ether oxygens (including phenoxy) is 1. The molecule has 1 rings (SSSR count). The minimum atomic E-state index is 0.229. The molecule has 0 aliphatic rings. The van der Waals surface area contributed by atoms with E-state index in [0.717, 1.165) is 12.2 Å². The highest BCUT2D eigenvalue weighted by molar-refractivity contribution is 4.90. The van der Waals surface area contributed by atoms with Crippen LogP contribution in [0.5, 0.6) is 0 Å². The second-order valence-corrected chi connectivity index (χ2v) is 6.53. The maximum atomic E-state index is 5.52. The zero-order valence-electron chi connectivity index (χ0n) is 12.6. The average molecular weight is 253 g/mol. The lowest BCUT2D eigenvalue weighted by Gasteiger charge is -2.26. The smallest absolute Gasteiger partial charge is 0.108 e. The molecule has 0 spiro atoms. The topological polar surface area (TPSA) is 39.9 Å². The third-order valence-corrected chi connectivity index (χ3v) is 2.70. The van der Waals surface area contributed by atoms with Gasteiger partial charge in [-0.05, 0) is 31.6 Å². The summed E-state index contributed by atoms with van der Waals surface area (Å²) in [7, 11) is 0. The average Bonchev–Trinajstić information content (AvgIpc) is 2.59. The molecule has 0 aliphatic carbocycles. The summed E-state index contributed by atoms with van der Waals surface area (Å²) in [5.41, 5.74) is 1.15. The molecule has 0 saturated carbocycles. The molecular formula is C14H27N3O. The molecule has 0 atom stereocenters. The van der Waals surface area contributed by atoms with Crippen molar-refractivity contribution in [3.05, 3.63) is 11.9 Å². The Kier molecular flexibility index (Phi) is 5.32. The van der Waals surface area contributed by atoms with Gasteiger partial charge in [0.1, 0.15) is 5.69 Å². The van der Waals surface area contributed by atoms with Gasteiger partial charge >= 0.3 is 0 Å². The quantitative estimate of drug-likeness (QED) is 0.748. The van der Waals surface area contributed by atoms with E-state index in [4.69, 9.17) is 4.74 Å². The maximum absolute atomic E-state index is 5.52. The zero-order valence-corrected chi connectivity index (χ0v) is 12.6. The molecule has 0 unspecified atom stereocenters. The Morgan fingerprint density at radius 1 is 1.28 bits per heavy atom. The first-order chi connectivity index (χ1) is 8.28. The van der Waals surface area contributed by atoms with Gasteiger partial charge in [0, 0.05) is 6.54 Å². The summed E-state index contributed by atoms with van der Waals surface area (Å²) < 4.78 is 7.45. The summed E-state index contributed by atoms with van der Waals surface area (Å²) in [6, 6.07) is 0. The van der Waals surface area contributed by atoms with E-state index in [0.29, 0.717) is 12.5 Å². The molecular weight excluding hydrogens is 226 g/mol. The third kappa shape index (κ3) is 5.63. The second kappa shape index (κ2) is 6.32. The Balaban J connectivity index is 2.52. The predicted molar refractivity (Wildman–Crippen MR) is 73.2 cm³/mol. The molecule has 0 aromatic carbocycles. The van der Waals surface area contributed by atoms with Crippen molar-refractivity contribution in [2.45, 2.75) is 67.2 Å². The number of hydrogen-bond donors (Lipinski definition) is 0. The van der Waals surface area contributed by atoms with Gasteiger partial charge in [0.05, 0.1) is 18.9 Å². The summed E-state index contributed by atoms with van der Waals surface area (Å²) in [6.45, 7) is 14.6. The van der Waals surface area contributed by atoms with Gasteiger partial charge < -0.3 is 4.74 Å². The molecule has 1 aromatic rings. The van der Waals surface area contributed by atoms with E-state index in [9.17, 15) is 0 Å². The molecule has 4 heteroatoms. The zero-order chi connectivity index (χ0) is 13.8. The monoisotopic (exact) mass is 253 g/mol. The van der Waals surface area contributed by atoms with Crippen molar-refractivity contribution in [1.29, 1.82) is 0 Å². The number of nitrogens with zero attached hydrogens (tertiary/aromatic N) is 3. The van der Waals surface area contributed by atoms with Crippen molar-refractivity contribution >= 4 is 0 Å². The van der Waals surface area contributed by atoms with Crippen LogP contribution in [-0.2, 0) is 17.9 Å². The van der Waals surface area contributed by atoms with E-state index in [2.05, 4.69) is 38.0 Å². The first-order valence-electron chi connectivity index (χ1n) is 6.79. The van der Waals surface area contributed by atoms with Crippen molar-refractivity contribution < 1.29 is 4.74 Å². The summed E-state index contributed by atoms with van der Waals surface area (Å²) in [5.74, 6) is 0.701. The highest BCUT2D eigenvalue weighted by Crippen LogP contribution is 2.26. The van der Waals surface area contributed by atoms with Gasteiger partial charge in [-0.25, -0.2) is 0 Å². The Labute approximate surface area is 111 Å². The molecule has 0 bridgehead atoms. The van der Waals surface area contributed by atoms with Crippen molar-refractivity contribution in [3.63, 3.8) is 0 Å². The van der Waals surface area contributed by atoms with E-state index in [-0.39, 0.29) is 11.5 Å². The van der Waals surface area contributed by atoms with E-state index in [1.807, 2.05) is 24.7 Å². The SMILES string of the molecule is CC(C)CC(C)(C)Cn1cc(COC(C)C)nn1. The van der Waals surface area contributed by atoms with Gasteiger partial charge in [0.15, 0.2) is 0 Å². The van der Waals surface area contributed by atoms with E-state index in [1.54, 1.807) is 0 Å². The van der Waals surface area contributed by atoms with Crippen LogP contribution in [0, 0.1) is 11.3 Å². The molecule has 0 radical (unpaired) electrons. The molecule has 104 valence electrons. The van der Waals surface area contributed by atoms with Crippen LogP contribution >= 0.6 is 0 Å². The second-order valence-electron chi connectivity index (χ2n) is 6.53. The standard InChI is InChI=1S/C14H27N3O/c1-11(2)7-14(5,6)10-17-8-13(15-16-17)9-18-12(3)4/h8,11-12H,7,9-10H2,1-6H3. The first kappa shape index (κ1) is 15.2. The van der Waals surface area contributed by atoms with Crippen LogP contribution in [0.15, 0.2) is 6.20 Å². The maximum Gasteiger partial charge on any atom is 0.108 e. The van der Waals surface area contributed by atoms with Crippen LogP contribution in [-0.4, -0.2) is 21.1 Å². The van der Waals surface area contributed by atoms with Crippen LogP contribution < -0.4 is 0 Å². The number of aromatic nitrogens is 3. The highest BCUT2D eigenvalue weighted by atomic mass is 16.5. The number of hydrogen-bond acceptors (Lipinski definition) is 3. The van der Waals surface area contributed by atoms with Gasteiger partial charge in [0.25, 0.3) is 0 Å². The van der Waals surface area contributed by atoms with Crippen LogP contribution in [0.25, 0.3) is 0 Å². The lowest BCUT2D eigenvalue weighted by Crippen LogP contribution is -2.22. The molecule has 0 amide bonds. The van der Waals surface area contributed by atoms with Crippen molar-refractivity contribution in [1.82, 2.24) is 15.0 Å². The normalized spacial score (nSPS) is 12.7. The lowest BCUT2D eigenvalue weighted by atomic mass is 9.84. The number of rotatable bonds is 7. The molecule has 0 saturated heterocycles. The Hall–Kier alpha value is -0.900. The van der Waals surface area contributed by atoms with Gasteiger partial charge in [-0.15, -0.1) is 5.10 Å². The Morgan fingerprint density at radius 3 is 2.50 bits per heavy atom. The molecule has 0 fully saturated rings. The van der Waals surface area contributed by atoms with E-state index >= 15 is 0 Å².